The van der Waals surface area contributed by atoms with Crippen LogP contribution in [0.4, 0.5) is 0 Å². The number of rotatable bonds is 7. The third-order valence-electron chi connectivity index (χ3n) is 14.1. The Morgan fingerprint density at radius 2 is 0.859 bits per heavy atom. The molecular formula is C66H43N4O+. The molecule has 0 radical (unpaired) electrons. The Kier molecular flexibility index (Phi) is 9.46. The van der Waals surface area contributed by atoms with Crippen LogP contribution in [0.3, 0.4) is 0 Å². The standard InChI is InChI=1S/C66H43N4O/c1-3-19-44(20-4-1)49-32-18-33-50(45-21-5-2-6-22-45)66(49)69-43-68(62-35-15-16-36-63(62)69)46-23-17-24-47(39-46)71-48-37-38-58-57-31-13-14-34-61(57)70(64(58)40-48)65-41-59-55-29-11-9-27-53(55)51-25-7-8-26-52(51)54-28-10-12-30-56(54)60(59)42-67-65/h1-43H/q+1. The molecule has 13 aromatic rings. The first kappa shape index (κ1) is 40.5. The molecule has 1 aliphatic rings. The van der Waals surface area contributed by atoms with Crippen molar-refractivity contribution in [3.05, 3.63) is 261 Å². The molecule has 0 N–H and O–H groups in total. The van der Waals surface area contributed by atoms with E-state index in [0.717, 1.165) is 94.9 Å². The highest BCUT2D eigenvalue weighted by Gasteiger charge is 2.26. The Morgan fingerprint density at radius 3 is 1.52 bits per heavy atom. The monoisotopic (exact) mass is 907 g/mol. The highest BCUT2D eigenvalue weighted by molar-refractivity contribution is 6.10. The topological polar surface area (TPSA) is 35.9 Å². The third kappa shape index (κ3) is 6.70. The van der Waals surface area contributed by atoms with Crippen LogP contribution >= 0.6 is 0 Å². The van der Waals surface area contributed by atoms with Gasteiger partial charge in [0.1, 0.15) is 28.7 Å². The van der Waals surface area contributed by atoms with E-state index in [0.29, 0.717) is 0 Å². The molecule has 0 fully saturated rings. The second-order valence-electron chi connectivity index (χ2n) is 18.1. The van der Waals surface area contributed by atoms with E-state index in [2.05, 4.69) is 269 Å². The first-order valence-corrected chi connectivity index (χ1v) is 24.1. The van der Waals surface area contributed by atoms with Crippen LogP contribution in [-0.2, 0) is 0 Å². The summed E-state index contributed by atoms with van der Waals surface area (Å²) in [5.41, 5.74) is 20.4. The van der Waals surface area contributed by atoms with E-state index in [1.54, 1.807) is 0 Å². The summed E-state index contributed by atoms with van der Waals surface area (Å²) in [6.07, 6.45) is 4.28. The fourth-order valence-corrected chi connectivity index (χ4v) is 11.0. The highest BCUT2D eigenvalue weighted by Crippen LogP contribution is 2.48. The van der Waals surface area contributed by atoms with Gasteiger partial charge < -0.3 is 4.74 Å². The number of nitrogens with zero attached hydrogens (tertiary/aromatic N) is 4. The molecule has 5 nitrogen and oxygen atoms in total. The highest BCUT2D eigenvalue weighted by atomic mass is 16.5. The van der Waals surface area contributed by atoms with Crippen LogP contribution in [0, 0.1) is 0 Å². The van der Waals surface area contributed by atoms with Gasteiger partial charge in [0.05, 0.1) is 11.0 Å². The van der Waals surface area contributed by atoms with Crippen molar-refractivity contribution in [1.29, 1.82) is 0 Å². The molecule has 0 amide bonds. The minimum atomic E-state index is 0.734. The minimum absolute atomic E-state index is 0.734. The van der Waals surface area contributed by atoms with Crippen molar-refractivity contribution in [1.82, 2.24) is 14.1 Å². The molecule has 14 rings (SSSR count). The SMILES string of the molecule is c1ccc(-c2cccc(-c3ccccc3)c2-[n+]2cn(-c3cccc(Oc4ccc5c6ccccc6n(-c6cc7c(cn6)-c6ccccc6-c6ccccc6-c6ccccc6-7)c5c4)c3)c3ccccc32)cc1. The molecule has 1 aliphatic carbocycles. The zero-order valence-corrected chi connectivity index (χ0v) is 38.5. The number of pyridine rings is 1. The van der Waals surface area contributed by atoms with E-state index in [9.17, 15) is 0 Å². The molecule has 0 atom stereocenters. The summed E-state index contributed by atoms with van der Waals surface area (Å²) < 4.78 is 13.8. The van der Waals surface area contributed by atoms with E-state index < -0.39 is 0 Å². The lowest BCUT2D eigenvalue weighted by Crippen LogP contribution is -2.30. The fourth-order valence-electron chi connectivity index (χ4n) is 11.0. The van der Waals surface area contributed by atoms with E-state index in [1.165, 1.54) is 33.4 Å². The van der Waals surface area contributed by atoms with Crippen molar-refractivity contribution >= 4 is 32.8 Å². The van der Waals surface area contributed by atoms with Crippen LogP contribution in [0.2, 0.25) is 0 Å². The van der Waals surface area contributed by atoms with Gasteiger partial charge in [0.2, 0.25) is 0 Å². The van der Waals surface area contributed by atoms with Crippen molar-refractivity contribution in [2.45, 2.75) is 0 Å². The van der Waals surface area contributed by atoms with Crippen molar-refractivity contribution in [2.75, 3.05) is 0 Å². The van der Waals surface area contributed by atoms with Gasteiger partial charge in [-0.1, -0.05) is 188 Å². The lowest BCUT2D eigenvalue weighted by atomic mass is 9.81. The van der Waals surface area contributed by atoms with Crippen molar-refractivity contribution in [3.8, 4) is 95.5 Å². The average Bonchev–Trinajstić information content (AvgIpc) is 3.99. The maximum Gasteiger partial charge on any atom is 0.255 e. The molecule has 3 heterocycles. The summed E-state index contributed by atoms with van der Waals surface area (Å²) in [6, 6.07) is 88.4. The van der Waals surface area contributed by atoms with Crippen LogP contribution in [0.1, 0.15) is 0 Å². The molecule has 71 heavy (non-hydrogen) atoms. The van der Waals surface area contributed by atoms with Crippen LogP contribution < -0.4 is 9.30 Å². The van der Waals surface area contributed by atoms with E-state index in [4.69, 9.17) is 9.72 Å². The summed E-state index contributed by atoms with van der Waals surface area (Å²) in [6.45, 7) is 0. The number of aromatic nitrogens is 4. The van der Waals surface area contributed by atoms with Gasteiger partial charge in [-0.05, 0) is 98.6 Å². The quantitative estimate of drug-likeness (QED) is 0.149. The van der Waals surface area contributed by atoms with Gasteiger partial charge in [0.15, 0.2) is 11.0 Å². The Hall–Kier alpha value is -9.58. The van der Waals surface area contributed by atoms with Crippen molar-refractivity contribution in [3.63, 3.8) is 0 Å². The predicted molar refractivity (Wildman–Crippen MR) is 290 cm³/mol. The second-order valence-corrected chi connectivity index (χ2v) is 18.1. The maximum absolute atomic E-state index is 6.88. The van der Waals surface area contributed by atoms with Gasteiger partial charge >= 0.3 is 0 Å². The van der Waals surface area contributed by atoms with E-state index in [-0.39, 0.29) is 0 Å². The Bertz CT molecular complexity index is 4140. The van der Waals surface area contributed by atoms with Crippen LogP contribution in [0.5, 0.6) is 11.5 Å². The first-order valence-electron chi connectivity index (χ1n) is 24.1. The number of ether oxygens (including phenoxy) is 1. The summed E-state index contributed by atoms with van der Waals surface area (Å²) in [7, 11) is 0. The molecule has 10 aromatic carbocycles. The van der Waals surface area contributed by atoms with Gasteiger partial charge in [-0.25, -0.2) is 4.98 Å². The molecule has 0 bridgehead atoms. The lowest BCUT2D eigenvalue weighted by Gasteiger charge is -2.23. The van der Waals surface area contributed by atoms with Crippen molar-refractivity contribution < 1.29 is 9.30 Å². The van der Waals surface area contributed by atoms with Crippen LogP contribution in [0.15, 0.2) is 261 Å². The summed E-state index contributed by atoms with van der Waals surface area (Å²) in [4.78, 5) is 5.30. The minimum Gasteiger partial charge on any atom is -0.457 e. The van der Waals surface area contributed by atoms with Gasteiger partial charge in [-0.2, -0.15) is 9.13 Å². The molecule has 0 spiro atoms. The molecule has 0 saturated carbocycles. The molecule has 0 aliphatic heterocycles. The summed E-state index contributed by atoms with van der Waals surface area (Å²) in [5, 5.41) is 2.28. The number of benzene rings is 10. The zero-order valence-electron chi connectivity index (χ0n) is 38.5. The first-order chi connectivity index (χ1) is 35.2. The van der Waals surface area contributed by atoms with Crippen LogP contribution in [-0.4, -0.2) is 14.1 Å². The maximum atomic E-state index is 6.88. The number of imidazole rings is 1. The molecule has 0 saturated heterocycles. The fraction of sp³-hybridized carbons (Fsp3) is 0. The van der Waals surface area contributed by atoms with Gasteiger partial charge in [0, 0.05) is 45.8 Å². The second kappa shape index (κ2) is 16.6. The molecule has 3 aromatic heterocycles. The molecule has 0 unspecified atom stereocenters. The summed E-state index contributed by atoms with van der Waals surface area (Å²) >= 11 is 0. The Balaban J connectivity index is 0.886. The Labute approximate surface area is 411 Å². The average molecular weight is 908 g/mol. The normalized spacial score (nSPS) is 11.7. The number of hydrogen-bond donors (Lipinski definition) is 0. The largest absolute Gasteiger partial charge is 0.457 e. The zero-order chi connectivity index (χ0) is 46.8. The van der Waals surface area contributed by atoms with E-state index >= 15 is 0 Å². The van der Waals surface area contributed by atoms with Gasteiger partial charge in [-0.3, -0.25) is 4.57 Å². The Morgan fingerprint density at radius 1 is 0.352 bits per heavy atom. The van der Waals surface area contributed by atoms with Crippen LogP contribution in [0.25, 0.3) is 117 Å². The number of hydrogen-bond acceptors (Lipinski definition) is 2. The third-order valence-corrected chi connectivity index (χ3v) is 14.1. The molecule has 332 valence electrons. The number of fused-ring (bicyclic) bond motifs is 12. The molecular weight excluding hydrogens is 865 g/mol. The van der Waals surface area contributed by atoms with E-state index in [1.807, 2.05) is 6.07 Å². The van der Waals surface area contributed by atoms with Crippen molar-refractivity contribution in [2.24, 2.45) is 0 Å². The van der Waals surface area contributed by atoms with Gasteiger partial charge in [-0.15, -0.1) is 0 Å². The molecule has 5 heteroatoms. The predicted octanol–water partition coefficient (Wildman–Crippen LogP) is 16.5. The van der Waals surface area contributed by atoms with Gasteiger partial charge in [0.25, 0.3) is 6.33 Å². The smallest absolute Gasteiger partial charge is 0.255 e. The number of para-hydroxylation sites is 4. The summed E-state index contributed by atoms with van der Waals surface area (Å²) in [5.74, 6) is 2.31. The lowest BCUT2D eigenvalue weighted by molar-refractivity contribution is -0.566.